The van der Waals surface area contributed by atoms with Crippen molar-refractivity contribution in [1.29, 1.82) is 0 Å². The van der Waals surface area contributed by atoms with Crippen molar-refractivity contribution in [3.8, 4) is 0 Å². The van der Waals surface area contributed by atoms with Crippen molar-refractivity contribution in [2.45, 2.75) is 25.7 Å². The Morgan fingerprint density at radius 2 is 2.41 bits per heavy atom. The average molecular weight is 300 g/mol. The second-order valence-electron chi connectivity index (χ2n) is 5.06. The third kappa shape index (κ3) is 4.11. The number of hydrogen-bond donors (Lipinski definition) is 0. The van der Waals surface area contributed by atoms with E-state index < -0.39 is 0 Å². The molecule has 0 radical (unpaired) electrons. The molecule has 1 unspecified atom stereocenters. The van der Waals surface area contributed by atoms with E-state index in [1.807, 2.05) is 17.9 Å². The summed E-state index contributed by atoms with van der Waals surface area (Å²) >= 11 is 3.55. The first-order valence-corrected chi connectivity index (χ1v) is 7.66. The third-order valence-electron chi connectivity index (χ3n) is 3.60. The summed E-state index contributed by atoms with van der Waals surface area (Å²) in [5.41, 5.74) is 1.36. The summed E-state index contributed by atoms with van der Waals surface area (Å²) in [5, 5.41) is 5.36. The molecule has 4 heteroatoms. The van der Waals surface area contributed by atoms with Crippen molar-refractivity contribution < 1.29 is 0 Å². The fourth-order valence-electron chi connectivity index (χ4n) is 2.63. The van der Waals surface area contributed by atoms with Crippen molar-refractivity contribution in [3.05, 3.63) is 18.0 Å². The lowest BCUT2D eigenvalue weighted by Gasteiger charge is -2.32. The molecule has 0 aromatic carbocycles. The van der Waals surface area contributed by atoms with E-state index in [4.69, 9.17) is 0 Å². The highest BCUT2D eigenvalue weighted by Gasteiger charge is 2.18. The SMILES string of the molecule is Cn1cc(CCN2CCCC(CCBr)C2)cn1. The van der Waals surface area contributed by atoms with Crippen molar-refractivity contribution in [2.24, 2.45) is 13.0 Å². The minimum absolute atomic E-state index is 0.900. The summed E-state index contributed by atoms with van der Waals surface area (Å²) in [6.45, 7) is 3.75. The van der Waals surface area contributed by atoms with Crippen LogP contribution >= 0.6 is 15.9 Å². The molecule has 0 bridgehead atoms. The molecule has 1 aromatic rings. The van der Waals surface area contributed by atoms with Crippen LogP contribution < -0.4 is 0 Å². The van der Waals surface area contributed by atoms with Crippen molar-refractivity contribution >= 4 is 15.9 Å². The van der Waals surface area contributed by atoms with E-state index in [1.165, 1.54) is 44.5 Å². The van der Waals surface area contributed by atoms with Crippen molar-refractivity contribution in [2.75, 3.05) is 25.0 Å². The van der Waals surface area contributed by atoms with Crippen LogP contribution in [0, 0.1) is 5.92 Å². The largest absolute Gasteiger partial charge is 0.303 e. The highest BCUT2D eigenvalue weighted by atomic mass is 79.9. The van der Waals surface area contributed by atoms with E-state index in [0.29, 0.717) is 0 Å². The number of aromatic nitrogens is 2. The molecule has 1 fully saturated rings. The first-order valence-electron chi connectivity index (χ1n) is 6.54. The highest BCUT2D eigenvalue weighted by molar-refractivity contribution is 9.09. The first-order chi connectivity index (χ1) is 8.28. The Balaban J connectivity index is 1.75. The second kappa shape index (κ2) is 6.55. The van der Waals surface area contributed by atoms with Crippen molar-refractivity contribution in [3.63, 3.8) is 0 Å². The molecule has 1 saturated heterocycles. The summed E-state index contributed by atoms with van der Waals surface area (Å²) in [5.74, 6) is 0.900. The molecule has 0 aliphatic carbocycles. The normalized spacial score (nSPS) is 21.9. The van der Waals surface area contributed by atoms with E-state index in [1.54, 1.807) is 0 Å². The molecule has 2 heterocycles. The van der Waals surface area contributed by atoms with Crippen LogP contribution in [0.1, 0.15) is 24.8 Å². The van der Waals surface area contributed by atoms with Crippen LogP contribution in [0.3, 0.4) is 0 Å². The Morgan fingerprint density at radius 1 is 1.53 bits per heavy atom. The lowest BCUT2D eigenvalue weighted by atomic mass is 9.95. The van der Waals surface area contributed by atoms with Crippen molar-refractivity contribution in [1.82, 2.24) is 14.7 Å². The predicted octanol–water partition coefficient (Wildman–Crippen LogP) is 2.46. The zero-order valence-electron chi connectivity index (χ0n) is 10.6. The maximum Gasteiger partial charge on any atom is 0.0522 e. The van der Waals surface area contributed by atoms with Crippen LogP contribution in [-0.2, 0) is 13.5 Å². The number of piperidine rings is 1. The van der Waals surface area contributed by atoms with E-state index >= 15 is 0 Å². The topological polar surface area (TPSA) is 21.1 Å². The van der Waals surface area contributed by atoms with Gasteiger partial charge in [-0.25, -0.2) is 0 Å². The molecule has 0 N–H and O–H groups in total. The Labute approximate surface area is 112 Å². The number of rotatable bonds is 5. The molecular weight excluding hydrogens is 278 g/mol. The van der Waals surface area contributed by atoms with Gasteiger partial charge in [-0.1, -0.05) is 15.9 Å². The maximum atomic E-state index is 4.22. The highest BCUT2D eigenvalue weighted by Crippen LogP contribution is 2.20. The van der Waals surface area contributed by atoms with Gasteiger partial charge >= 0.3 is 0 Å². The average Bonchev–Trinajstić information content (AvgIpc) is 2.74. The minimum atomic E-state index is 0.900. The van der Waals surface area contributed by atoms with Gasteiger partial charge < -0.3 is 4.90 Å². The molecule has 1 atom stereocenters. The van der Waals surface area contributed by atoms with Crippen LogP contribution in [0.15, 0.2) is 12.4 Å². The van der Waals surface area contributed by atoms with E-state index in [9.17, 15) is 0 Å². The monoisotopic (exact) mass is 299 g/mol. The molecule has 1 aromatic heterocycles. The number of hydrogen-bond acceptors (Lipinski definition) is 2. The maximum absolute atomic E-state index is 4.22. The standard InChI is InChI=1S/C13H22BrN3/c1-16-10-13(9-15-16)5-8-17-7-2-3-12(11-17)4-6-14/h9-10,12H,2-8,11H2,1H3. The molecule has 17 heavy (non-hydrogen) atoms. The second-order valence-corrected chi connectivity index (χ2v) is 5.85. The lowest BCUT2D eigenvalue weighted by Crippen LogP contribution is -2.36. The number of nitrogens with zero attached hydrogens (tertiary/aromatic N) is 3. The molecule has 1 aliphatic rings. The Hall–Kier alpha value is -0.350. The van der Waals surface area contributed by atoms with Gasteiger partial charge in [0.05, 0.1) is 6.20 Å². The third-order valence-corrected chi connectivity index (χ3v) is 4.05. The molecule has 96 valence electrons. The molecule has 2 rings (SSSR count). The molecule has 0 amide bonds. The van der Waals surface area contributed by atoms with Gasteiger partial charge in [-0.15, -0.1) is 0 Å². The van der Waals surface area contributed by atoms with E-state index in [-0.39, 0.29) is 0 Å². The van der Waals surface area contributed by atoms with Crippen LogP contribution in [0.4, 0.5) is 0 Å². The summed E-state index contributed by atoms with van der Waals surface area (Å²) in [6, 6.07) is 0. The lowest BCUT2D eigenvalue weighted by molar-refractivity contribution is 0.174. The summed E-state index contributed by atoms with van der Waals surface area (Å²) < 4.78 is 1.89. The zero-order chi connectivity index (χ0) is 12.1. The van der Waals surface area contributed by atoms with Gasteiger partial charge in [-0.2, -0.15) is 5.10 Å². The number of halogens is 1. The van der Waals surface area contributed by atoms with Gasteiger partial charge in [0.1, 0.15) is 0 Å². The molecule has 0 saturated carbocycles. The molecule has 0 spiro atoms. The Morgan fingerprint density at radius 3 is 3.12 bits per heavy atom. The van der Waals surface area contributed by atoms with Crippen LogP contribution in [0.25, 0.3) is 0 Å². The van der Waals surface area contributed by atoms with Gasteiger partial charge in [-0.05, 0) is 43.7 Å². The predicted molar refractivity (Wildman–Crippen MR) is 74.5 cm³/mol. The van der Waals surface area contributed by atoms with Gasteiger partial charge in [-0.3, -0.25) is 4.68 Å². The van der Waals surface area contributed by atoms with Gasteiger partial charge in [0, 0.05) is 31.7 Å². The van der Waals surface area contributed by atoms with E-state index in [0.717, 1.165) is 17.7 Å². The van der Waals surface area contributed by atoms with E-state index in [2.05, 4.69) is 32.1 Å². The smallest absolute Gasteiger partial charge is 0.0522 e. The van der Waals surface area contributed by atoms with Crippen LogP contribution in [-0.4, -0.2) is 39.6 Å². The first kappa shape index (κ1) is 13.1. The molecular formula is C13H22BrN3. The van der Waals surface area contributed by atoms with Crippen LogP contribution in [0.5, 0.6) is 0 Å². The summed E-state index contributed by atoms with van der Waals surface area (Å²) in [6.07, 6.45) is 9.35. The van der Waals surface area contributed by atoms with Gasteiger partial charge in [0.25, 0.3) is 0 Å². The van der Waals surface area contributed by atoms with Gasteiger partial charge in [0.15, 0.2) is 0 Å². The Kier molecular flexibility index (Phi) is 5.04. The zero-order valence-corrected chi connectivity index (χ0v) is 12.2. The minimum Gasteiger partial charge on any atom is -0.303 e. The van der Waals surface area contributed by atoms with Gasteiger partial charge in [0.2, 0.25) is 0 Å². The summed E-state index contributed by atoms with van der Waals surface area (Å²) in [4.78, 5) is 2.61. The summed E-state index contributed by atoms with van der Waals surface area (Å²) in [7, 11) is 1.98. The van der Waals surface area contributed by atoms with Crippen LogP contribution in [0.2, 0.25) is 0 Å². The fourth-order valence-corrected chi connectivity index (χ4v) is 3.28. The quantitative estimate of drug-likeness (QED) is 0.779. The fraction of sp³-hybridized carbons (Fsp3) is 0.769. The number of likely N-dealkylation sites (tertiary alicyclic amines) is 1. The Bertz CT molecular complexity index is 335. The molecule has 3 nitrogen and oxygen atoms in total. The number of aryl methyl sites for hydroxylation is 1. The molecule has 1 aliphatic heterocycles. The number of alkyl halides is 1.